The van der Waals surface area contributed by atoms with Gasteiger partial charge in [0, 0.05) is 38.1 Å². The molecule has 2 fully saturated rings. The molecule has 0 bridgehead atoms. The van der Waals surface area contributed by atoms with E-state index in [4.69, 9.17) is 5.73 Å². The van der Waals surface area contributed by atoms with Gasteiger partial charge in [0.05, 0.1) is 0 Å². The lowest BCUT2D eigenvalue weighted by atomic mass is 9.90. The number of nitrogens with zero attached hydrogens (tertiary/aromatic N) is 2. The topological polar surface area (TPSA) is 49.6 Å². The van der Waals surface area contributed by atoms with Gasteiger partial charge in [-0.05, 0) is 39.2 Å². The van der Waals surface area contributed by atoms with Crippen LogP contribution >= 0.6 is 0 Å². The average molecular weight is 253 g/mol. The molecule has 1 aliphatic carbocycles. The van der Waals surface area contributed by atoms with Gasteiger partial charge in [-0.15, -0.1) is 0 Å². The number of amides is 1. The molecule has 4 nitrogen and oxygen atoms in total. The fourth-order valence-corrected chi connectivity index (χ4v) is 2.96. The summed E-state index contributed by atoms with van der Waals surface area (Å²) < 4.78 is 0. The molecule has 2 rings (SSSR count). The number of nitrogens with two attached hydrogens (primary N) is 1. The van der Waals surface area contributed by atoms with Crippen LogP contribution in [0.15, 0.2) is 0 Å². The molecule has 0 aromatic heterocycles. The third-order valence-electron chi connectivity index (χ3n) is 4.62. The van der Waals surface area contributed by atoms with E-state index >= 15 is 0 Å². The fourth-order valence-electron chi connectivity index (χ4n) is 2.96. The van der Waals surface area contributed by atoms with Gasteiger partial charge in [0.25, 0.3) is 0 Å². The second-order valence-electron chi connectivity index (χ2n) is 5.79. The molecule has 2 N–H and O–H groups in total. The van der Waals surface area contributed by atoms with Crippen molar-refractivity contribution in [2.75, 3.05) is 26.7 Å². The third-order valence-corrected chi connectivity index (χ3v) is 4.62. The summed E-state index contributed by atoms with van der Waals surface area (Å²) in [5, 5.41) is 0. The van der Waals surface area contributed by atoms with Gasteiger partial charge < -0.3 is 10.6 Å². The predicted octanol–water partition coefficient (Wildman–Crippen LogP) is 1.20. The van der Waals surface area contributed by atoms with Gasteiger partial charge in [-0.25, -0.2) is 0 Å². The number of piperidine rings is 1. The van der Waals surface area contributed by atoms with Crippen molar-refractivity contribution in [3.63, 3.8) is 0 Å². The predicted molar refractivity (Wildman–Crippen MR) is 73.3 cm³/mol. The molecule has 0 spiro atoms. The van der Waals surface area contributed by atoms with Crippen molar-refractivity contribution >= 4 is 5.91 Å². The van der Waals surface area contributed by atoms with Crippen LogP contribution in [-0.2, 0) is 4.79 Å². The average Bonchev–Trinajstić information content (AvgIpc) is 2.34. The first-order chi connectivity index (χ1) is 8.72. The SMILES string of the molecule is CN(C1CCC1)C(CN)CC(=O)N1CCCCC1. The smallest absolute Gasteiger partial charge is 0.224 e. The fraction of sp³-hybridized carbons (Fsp3) is 0.929. The molecule has 0 aromatic carbocycles. The van der Waals surface area contributed by atoms with Crippen molar-refractivity contribution in [1.29, 1.82) is 0 Å². The van der Waals surface area contributed by atoms with Crippen molar-refractivity contribution in [1.82, 2.24) is 9.80 Å². The molecule has 0 aromatic rings. The molecule has 0 radical (unpaired) electrons. The molecular weight excluding hydrogens is 226 g/mol. The van der Waals surface area contributed by atoms with E-state index in [1.54, 1.807) is 0 Å². The van der Waals surface area contributed by atoms with Crippen molar-refractivity contribution < 1.29 is 4.79 Å². The molecule has 1 amide bonds. The highest BCUT2D eigenvalue weighted by Gasteiger charge is 2.29. The summed E-state index contributed by atoms with van der Waals surface area (Å²) in [6, 6.07) is 0.887. The van der Waals surface area contributed by atoms with Gasteiger partial charge in [-0.1, -0.05) is 6.42 Å². The maximum absolute atomic E-state index is 12.2. The van der Waals surface area contributed by atoms with Gasteiger partial charge in [0.15, 0.2) is 0 Å². The minimum Gasteiger partial charge on any atom is -0.343 e. The van der Waals surface area contributed by atoms with Crippen LogP contribution in [0, 0.1) is 0 Å². The van der Waals surface area contributed by atoms with Crippen LogP contribution in [0.3, 0.4) is 0 Å². The number of carbonyl (C=O) groups is 1. The summed E-state index contributed by atoms with van der Waals surface area (Å²) in [6.45, 7) is 2.49. The van der Waals surface area contributed by atoms with E-state index in [9.17, 15) is 4.79 Å². The first kappa shape index (κ1) is 13.8. The minimum atomic E-state index is 0.227. The Morgan fingerprint density at radius 2 is 1.94 bits per heavy atom. The van der Waals surface area contributed by atoms with Crippen molar-refractivity contribution in [2.24, 2.45) is 5.73 Å². The Labute approximate surface area is 110 Å². The van der Waals surface area contributed by atoms with E-state index in [1.807, 2.05) is 4.90 Å². The van der Waals surface area contributed by atoms with E-state index in [2.05, 4.69) is 11.9 Å². The molecule has 104 valence electrons. The molecule has 1 unspecified atom stereocenters. The normalized spacial score (nSPS) is 22.9. The van der Waals surface area contributed by atoms with E-state index in [-0.39, 0.29) is 6.04 Å². The minimum absolute atomic E-state index is 0.227. The number of likely N-dealkylation sites (N-methyl/N-ethyl adjacent to an activating group) is 1. The van der Waals surface area contributed by atoms with E-state index in [0.29, 0.717) is 24.9 Å². The Morgan fingerprint density at radius 1 is 1.28 bits per heavy atom. The summed E-state index contributed by atoms with van der Waals surface area (Å²) in [4.78, 5) is 16.6. The third kappa shape index (κ3) is 3.23. The van der Waals surface area contributed by atoms with Gasteiger partial charge in [0.1, 0.15) is 0 Å². The Bertz CT molecular complexity index is 272. The second-order valence-corrected chi connectivity index (χ2v) is 5.79. The van der Waals surface area contributed by atoms with Crippen LogP contribution in [0.5, 0.6) is 0 Å². The van der Waals surface area contributed by atoms with Gasteiger partial charge in [-0.2, -0.15) is 0 Å². The molecular formula is C14H27N3O. The number of likely N-dealkylation sites (tertiary alicyclic amines) is 1. The molecule has 4 heteroatoms. The van der Waals surface area contributed by atoms with Crippen LogP contribution in [0.4, 0.5) is 0 Å². The Morgan fingerprint density at radius 3 is 2.44 bits per heavy atom. The van der Waals surface area contributed by atoms with Crippen molar-refractivity contribution in [2.45, 2.75) is 57.0 Å². The van der Waals surface area contributed by atoms with Crippen molar-refractivity contribution in [3.8, 4) is 0 Å². The number of rotatable bonds is 5. The monoisotopic (exact) mass is 253 g/mol. The highest BCUT2D eigenvalue weighted by atomic mass is 16.2. The Kier molecular flexibility index (Phi) is 5.01. The van der Waals surface area contributed by atoms with Crippen LogP contribution < -0.4 is 5.73 Å². The lowest BCUT2D eigenvalue weighted by Crippen LogP contribution is -2.49. The van der Waals surface area contributed by atoms with Crippen LogP contribution in [0.1, 0.15) is 44.9 Å². The summed E-state index contributed by atoms with van der Waals surface area (Å²) in [7, 11) is 2.13. The maximum Gasteiger partial charge on any atom is 0.224 e. The number of hydrogen-bond acceptors (Lipinski definition) is 3. The van der Waals surface area contributed by atoms with Gasteiger partial charge in [0.2, 0.25) is 5.91 Å². The number of hydrogen-bond donors (Lipinski definition) is 1. The molecule has 2 aliphatic rings. The van der Waals surface area contributed by atoms with Crippen LogP contribution in [-0.4, -0.2) is 54.5 Å². The lowest BCUT2D eigenvalue weighted by molar-refractivity contribution is -0.133. The number of carbonyl (C=O) groups excluding carboxylic acids is 1. The quantitative estimate of drug-likeness (QED) is 0.801. The molecule has 1 atom stereocenters. The molecule has 1 saturated carbocycles. The van der Waals surface area contributed by atoms with Crippen LogP contribution in [0.25, 0.3) is 0 Å². The summed E-state index contributed by atoms with van der Waals surface area (Å²) in [6.07, 6.45) is 8.06. The highest BCUT2D eigenvalue weighted by Crippen LogP contribution is 2.26. The Balaban J connectivity index is 1.82. The standard InChI is InChI=1S/C14H27N3O/c1-16(12-6-5-7-12)13(11-15)10-14(18)17-8-3-2-4-9-17/h12-13H,2-11,15H2,1H3. The first-order valence-electron chi connectivity index (χ1n) is 7.42. The molecule has 18 heavy (non-hydrogen) atoms. The van der Waals surface area contributed by atoms with E-state index in [0.717, 1.165) is 25.9 Å². The largest absolute Gasteiger partial charge is 0.343 e. The van der Waals surface area contributed by atoms with E-state index in [1.165, 1.54) is 25.7 Å². The molecule has 1 aliphatic heterocycles. The van der Waals surface area contributed by atoms with Gasteiger partial charge in [-0.3, -0.25) is 9.69 Å². The highest BCUT2D eigenvalue weighted by molar-refractivity contribution is 5.77. The van der Waals surface area contributed by atoms with Gasteiger partial charge >= 0.3 is 0 Å². The van der Waals surface area contributed by atoms with E-state index < -0.39 is 0 Å². The first-order valence-corrected chi connectivity index (χ1v) is 7.42. The molecule has 1 heterocycles. The Hall–Kier alpha value is -0.610. The molecule has 1 saturated heterocycles. The van der Waals surface area contributed by atoms with Crippen molar-refractivity contribution in [3.05, 3.63) is 0 Å². The second kappa shape index (κ2) is 6.53. The lowest BCUT2D eigenvalue weighted by Gasteiger charge is -2.40. The van der Waals surface area contributed by atoms with Crippen LogP contribution in [0.2, 0.25) is 0 Å². The zero-order chi connectivity index (χ0) is 13.0. The summed E-state index contributed by atoms with van der Waals surface area (Å²) in [5.41, 5.74) is 5.86. The summed E-state index contributed by atoms with van der Waals surface area (Å²) in [5.74, 6) is 0.302. The zero-order valence-electron chi connectivity index (χ0n) is 11.6. The summed E-state index contributed by atoms with van der Waals surface area (Å²) >= 11 is 0. The maximum atomic E-state index is 12.2. The zero-order valence-corrected chi connectivity index (χ0v) is 11.6.